The van der Waals surface area contributed by atoms with Gasteiger partial charge in [-0.25, -0.2) is 0 Å². The van der Waals surface area contributed by atoms with Gasteiger partial charge in [-0.3, -0.25) is 4.79 Å². The predicted molar refractivity (Wildman–Crippen MR) is 91.8 cm³/mol. The minimum absolute atomic E-state index is 0.172. The average molecular weight is 332 g/mol. The molecule has 0 radical (unpaired) electrons. The summed E-state index contributed by atoms with van der Waals surface area (Å²) >= 11 is 5.94. The topological polar surface area (TPSA) is 56.1 Å². The predicted octanol–water partition coefficient (Wildman–Crippen LogP) is 3.14. The Kier molecular flexibility index (Phi) is 6.49. The van der Waals surface area contributed by atoms with Gasteiger partial charge < -0.3 is 10.2 Å². The highest BCUT2D eigenvalue weighted by molar-refractivity contribution is 6.30. The number of hydrogen-bond acceptors (Lipinski definition) is 3. The van der Waals surface area contributed by atoms with Crippen LogP contribution in [0.5, 0.6) is 0 Å². The molecule has 0 unspecified atom stereocenters. The fourth-order valence-corrected chi connectivity index (χ4v) is 2.82. The molecule has 1 amide bonds. The summed E-state index contributed by atoms with van der Waals surface area (Å²) in [5.74, 6) is 0.485. The van der Waals surface area contributed by atoms with Crippen molar-refractivity contribution in [3.8, 4) is 6.07 Å². The van der Waals surface area contributed by atoms with Crippen molar-refractivity contribution in [1.82, 2.24) is 10.2 Å². The van der Waals surface area contributed by atoms with Crippen molar-refractivity contribution in [2.75, 3.05) is 19.6 Å². The molecule has 2 rings (SSSR count). The number of carbonyl (C=O) groups excluding carboxylic acids is 1. The summed E-state index contributed by atoms with van der Waals surface area (Å²) in [4.78, 5) is 14.1. The summed E-state index contributed by atoms with van der Waals surface area (Å²) in [7, 11) is 0. The minimum Gasteiger partial charge on any atom is -0.389 e. The summed E-state index contributed by atoms with van der Waals surface area (Å²) in [6.45, 7) is 4.32. The number of likely N-dealkylation sites (tertiary alicyclic amines) is 1. The first-order valence-electron chi connectivity index (χ1n) is 7.97. The molecule has 0 spiro atoms. The molecule has 0 bridgehead atoms. The summed E-state index contributed by atoms with van der Waals surface area (Å²) in [5.41, 5.74) is 1.29. The molecule has 23 heavy (non-hydrogen) atoms. The lowest BCUT2D eigenvalue weighted by atomic mass is 9.99. The van der Waals surface area contributed by atoms with Crippen LogP contribution in [0.25, 0.3) is 0 Å². The number of nitrogens with zero attached hydrogens (tertiary/aromatic N) is 2. The molecule has 0 aromatic heterocycles. The van der Waals surface area contributed by atoms with Crippen molar-refractivity contribution in [1.29, 1.82) is 5.26 Å². The lowest BCUT2D eigenvalue weighted by molar-refractivity contribution is -0.128. The monoisotopic (exact) mass is 331 g/mol. The van der Waals surface area contributed by atoms with Crippen molar-refractivity contribution in [3.05, 3.63) is 46.6 Å². The van der Waals surface area contributed by atoms with E-state index < -0.39 is 0 Å². The maximum absolute atomic E-state index is 12.3. The molecule has 1 aliphatic heterocycles. The second kappa shape index (κ2) is 8.59. The van der Waals surface area contributed by atoms with Gasteiger partial charge in [0.25, 0.3) is 5.91 Å². The molecule has 1 heterocycles. The van der Waals surface area contributed by atoms with Gasteiger partial charge in [0.15, 0.2) is 0 Å². The fourth-order valence-electron chi connectivity index (χ4n) is 2.61. The Bertz CT molecular complexity index is 613. The van der Waals surface area contributed by atoms with E-state index in [0.717, 1.165) is 37.9 Å². The van der Waals surface area contributed by atoms with Gasteiger partial charge in [-0.1, -0.05) is 30.7 Å². The van der Waals surface area contributed by atoms with Crippen molar-refractivity contribution in [2.45, 2.75) is 26.2 Å². The van der Waals surface area contributed by atoms with E-state index >= 15 is 0 Å². The number of piperidine rings is 1. The van der Waals surface area contributed by atoms with Crippen LogP contribution in [0.2, 0.25) is 5.02 Å². The molecule has 122 valence electrons. The van der Waals surface area contributed by atoms with Crippen molar-refractivity contribution >= 4 is 17.5 Å². The van der Waals surface area contributed by atoms with Crippen molar-refractivity contribution in [2.24, 2.45) is 5.92 Å². The first kappa shape index (κ1) is 17.4. The Balaban J connectivity index is 1.84. The molecule has 1 fully saturated rings. The Labute approximate surface area is 142 Å². The van der Waals surface area contributed by atoms with E-state index in [1.807, 2.05) is 30.3 Å². The zero-order chi connectivity index (χ0) is 16.7. The van der Waals surface area contributed by atoms with Gasteiger partial charge in [-0.15, -0.1) is 0 Å². The summed E-state index contributed by atoms with van der Waals surface area (Å²) in [5, 5.41) is 13.0. The number of nitriles is 1. The van der Waals surface area contributed by atoms with Gasteiger partial charge in [0, 0.05) is 30.9 Å². The van der Waals surface area contributed by atoms with Crippen LogP contribution in [-0.4, -0.2) is 30.4 Å². The van der Waals surface area contributed by atoms with E-state index in [9.17, 15) is 10.1 Å². The normalized spacial score (nSPS) is 16.0. The molecule has 1 aromatic rings. The molecule has 5 heteroatoms. The second-order valence-corrected chi connectivity index (χ2v) is 6.42. The molecule has 4 nitrogen and oxygen atoms in total. The van der Waals surface area contributed by atoms with E-state index in [0.29, 0.717) is 17.5 Å². The Morgan fingerprint density at radius 3 is 2.87 bits per heavy atom. The third kappa shape index (κ3) is 5.30. The third-order valence-electron chi connectivity index (χ3n) is 4.12. The van der Waals surface area contributed by atoms with Crippen LogP contribution in [0.1, 0.15) is 25.3 Å². The zero-order valence-electron chi connectivity index (χ0n) is 13.4. The van der Waals surface area contributed by atoms with Crippen LogP contribution < -0.4 is 5.32 Å². The SMILES string of the molecule is CC1CCN(C(=O)/C(C#N)=C\NCCc2cccc(Cl)c2)CC1. The number of nitrogens with one attached hydrogen (secondary N) is 1. The summed E-state index contributed by atoms with van der Waals surface area (Å²) < 4.78 is 0. The number of amides is 1. The lowest BCUT2D eigenvalue weighted by Gasteiger charge is -2.30. The molecular formula is C18H22ClN3O. The molecule has 0 aliphatic carbocycles. The van der Waals surface area contributed by atoms with E-state index in [1.54, 1.807) is 4.90 Å². The van der Waals surface area contributed by atoms with Gasteiger partial charge in [0.1, 0.15) is 11.6 Å². The molecule has 0 saturated carbocycles. The van der Waals surface area contributed by atoms with Gasteiger partial charge in [0.05, 0.1) is 0 Å². The maximum atomic E-state index is 12.3. The number of hydrogen-bond donors (Lipinski definition) is 1. The van der Waals surface area contributed by atoms with Gasteiger partial charge >= 0.3 is 0 Å². The highest BCUT2D eigenvalue weighted by Crippen LogP contribution is 2.17. The fraction of sp³-hybridized carbons (Fsp3) is 0.444. The highest BCUT2D eigenvalue weighted by atomic mass is 35.5. The molecule has 1 aliphatic rings. The first-order valence-corrected chi connectivity index (χ1v) is 8.35. The largest absolute Gasteiger partial charge is 0.389 e. The van der Waals surface area contributed by atoms with Crippen LogP contribution in [-0.2, 0) is 11.2 Å². The minimum atomic E-state index is -0.172. The van der Waals surface area contributed by atoms with Crippen LogP contribution >= 0.6 is 11.6 Å². The Morgan fingerprint density at radius 2 is 2.22 bits per heavy atom. The first-order chi connectivity index (χ1) is 11.1. The third-order valence-corrected chi connectivity index (χ3v) is 4.35. The quantitative estimate of drug-likeness (QED) is 0.512. The Morgan fingerprint density at radius 1 is 1.48 bits per heavy atom. The van der Waals surface area contributed by atoms with E-state index in [1.165, 1.54) is 6.20 Å². The summed E-state index contributed by atoms with van der Waals surface area (Å²) in [6.07, 6.45) is 4.33. The number of halogens is 1. The number of rotatable bonds is 5. The second-order valence-electron chi connectivity index (χ2n) is 5.98. The zero-order valence-corrected chi connectivity index (χ0v) is 14.1. The van der Waals surface area contributed by atoms with E-state index in [2.05, 4.69) is 12.2 Å². The van der Waals surface area contributed by atoms with Crippen LogP contribution in [0, 0.1) is 17.2 Å². The van der Waals surface area contributed by atoms with Crippen LogP contribution in [0.3, 0.4) is 0 Å². The van der Waals surface area contributed by atoms with Gasteiger partial charge in [0.2, 0.25) is 0 Å². The molecule has 1 aromatic carbocycles. The molecular weight excluding hydrogens is 310 g/mol. The van der Waals surface area contributed by atoms with Gasteiger partial charge in [-0.2, -0.15) is 5.26 Å². The van der Waals surface area contributed by atoms with Gasteiger partial charge in [-0.05, 0) is 42.9 Å². The smallest absolute Gasteiger partial charge is 0.265 e. The van der Waals surface area contributed by atoms with Crippen molar-refractivity contribution in [3.63, 3.8) is 0 Å². The molecule has 0 atom stereocenters. The summed E-state index contributed by atoms with van der Waals surface area (Å²) in [6, 6.07) is 9.67. The van der Waals surface area contributed by atoms with E-state index in [4.69, 9.17) is 11.6 Å². The number of benzene rings is 1. The van der Waals surface area contributed by atoms with Crippen LogP contribution in [0.15, 0.2) is 36.0 Å². The lowest BCUT2D eigenvalue weighted by Crippen LogP contribution is -2.38. The molecule has 1 N–H and O–H groups in total. The standard InChI is InChI=1S/C18H22ClN3O/c1-14-6-9-22(10-7-14)18(23)16(12-20)13-21-8-5-15-3-2-4-17(19)11-15/h2-4,11,13-14,21H,5-10H2,1H3/b16-13-. The Hall–Kier alpha value is -1.99. The highest BCUT2D eigenvalue weighted by Gasteiger charge is 2.22. The van der Waals surface area contributed by atoms with E-state index in [-0.39, 0.29) is 11.5 Å². The average Bonchev–Trinajstić information content (AvgIpc) is 2.55. The van der Waals surface area contributed by atoms with Crippen LogP contribution in [0.4, 0.5) is 0 Å². The van der Waals surface area contributed by atoms with Crippen molar-refractivity contribution < 1.29 is 4.79 Å². The number of carbonyl (C=O) groups is 1. The molecule has 1 saturated heterocycles. The maximum Gasteiger partial charge on any atom is 0.265 e.